The zero-order valence-corrected chi connectivity index (χ0v) is 10.4. The molecule has 19 heavy (non-hydrogen) atoms. The normalized spacial score (nSPS) is 11.2. The first-order valence-electron chi connectivity index (χ1n) is 6.04. The zero-order chi connectivity index (χ0) is 13.6. The highest BCUT2D eigenvalue weighted by Gasteiger charge is 2.17. The van der Waals surface area contributed by atoms with Crippen LogP contribution in [0.5, 0.6) is 0 Å². The average Bonchev–Trinajstić information content (AvgIpc) is 2.75. The van der Waals surface area contributed by atoms with Gasteiger partial charge in [-0.1, -0.05) is 6.92 Å². The first-order valence-corrected chi connectivity index (χ1v) is 6.04. The standard InChI is InChI=1S/C14H13N3O2/c1-2-8-12-9-5-7(15)3-4-10(9)17-11(12)6-16-13(8)14(18)19/h3-6,17H,2,15H2,1H3,(H,18,19). The minimum atomic E-state index is -1.00. The number of aromatic nitrogens is 2. The number of aromatic carboxylic acids is 1. The van der Waals surface area contributed by atoms with Gasteiger partial charge in [-0.05, 0) is 30.2 Å². The summed E-state index contributed by atoms with van der Waals surface area (Å²) in [6.45, 7) is 1.92. The van der Waals surface area contributed by atoms with Gasteiger partial charge in [-0.25, -0.2) is 9.78 Å². The van der Waals surface area contributed by atoms with Gasteiger partial charge in [0, 0.05) is 22.0 Å². The van der Waals surface area contributed by atoms with Crippen LogP contribution in [0.1, 0.15) is 23.0 Å². The van der Waals surface area contributed by atoms with Gasteiger partial charge in [-0.2, -0.15) is 0 Å². The fourth-order valence-corrected chi connectivity index (χ4v) is 2.51. The van der Waals surface area contributed by atoms with Crippen molar-refractivity contribution in [1.29, 1.82) is 0 Å². The Bertz CT molecular complexity index is 805. The second kappa shape index (κ2) is 3.98. The Morgan fingerprint density at radius 3 is 2.89 bits per heavy atom. The number of fused-ring (bicyclic) bond motifs is 3. The maximum atomic E-state index is 11.3. The van der Waals surface area contributed by atoms with Crippen molar-refractivity contribution >= 4 is 33.5 Å². The number of carbonyl (C=O) groups is 1. The van der Waals surface area contributed by atoms with Crippen molar-refractivity contribution < 1.29 is 9.90 Å². The molecule has 0 atom stereocenters. The van der Waals surface area contributed by atoms with E-state index in [2.05, 4.69) is 9.97 Å². The molecule has 0 aliphatic heterocycles. The van der Waals surface area contributed by atoms with Crippen LogP contribution in [-0.4, -0.2) is 21.0 Å². The molecule has 0 aliphatic carbocycles. The fraction of sp³-hybridized carbons (Fsp3) is 0.143. The summed E-state index contributed by atoms with van der Waals surface area (Å²) in [5, 5.41) is 11.1. The lowest BCUT2D eigenvalue weighted by molar-refractivity contribution is 0.0689. The Labute approximate surface area is 109 Å². The van der Waals surface area contributed by atoms with Crippen LogP contribution >= 0.6 is 0 Å². The number of pyridine rings is 1. The third-order valence-corrected chi connectivity index (χ3v) is 3.32. The number of aryl methyl sites for hydroxylation is 1. The number of carboxylic acids is 1. The summed E-state index contributed by atoms with van der Waals surface area (Å²) in [6.07, 6.45) is 2.17. The van der Waals surface area contributed by atoms with Crippen LogP contribution in [0.25, 0.3) is 21.8 Å². The summed E-state index contributed by atoms with van der Waals surface area (Å²) in [4.78, 5) is 18.5. The van der Waals surface area contributed by atoms with Crippen LogP contribution in [0.2, 0.25) is 0 Å². The molecule has 0 aliphatic rings. The van der Waals surface area contributed by atoms with Gasteiger partial charge in [0.1, 0.15) is 0 Å². The largest absolute Gasteiger partial charge is 0.477 e. The maximum absolute atomic E-state index is 11.3. The molecule has 2 heterocycles. The van der Waals surface area contributed by atoms with E-state index in [4.69, 9.17) is 5.73 Å². The van der Waals surface area contributed by atoms with Crippen LogP contribution in [0, 0.1) is 0 Å². The molecule has 0 amide bonds. The highest BCUT2D eigenvalue weighted by molar-refractivity contribution is 6.11. The molecule has 4 N–H and O–H groups in total. The van der Waals surface area contributed by atoms with Crippen molar-refractivity contribution in [3.05, 3.63) is 35.7 Å². The monoisotopic (exact) mass is 255 g/mol. The molecule has 3 rings (SSSR count). The van der Waals surface area contributed by atoms with Crippen molar-refractivity contribution in [3.8, 4) is 0 Å². The Morgan fingerprint density at radius 1 is 1.42 bits per heavy atom. The van der Waals surface area contributed by atoms with Gasteiger partial charge in [0.25, 0.3) is 0 Å². The number of nitrogens with zero attached hydrogens (tertiary/aromatic N) is 1. The predicted molar refractivity (Wildman–Crippen MR) is 74.3 cm³/mol. The number of rotatable bonds is 2. The molecule has 5 nitrogen and oxygen atoms in total. The molecule has 96 valence electrons. The quantitative estimate of drug-likeness (QED) is 0.613. The van der Waals surface area contributed by atoms with Gasteiger partial charge in [0.2, 0.25) is 0 Å². The van der Waals surface area contributed by atoms with Crippen LogP contribution in [-0.2, 0) is 6.42 Å². The molecule has 0 saturated heterocycles. The molecule has 0 saturated carbocycles. The number of nitrogen functional groups attached to an aromatic ring is 1. The van der Waals surface area contributed by atoms with E-state index in [1.54, 1.807) is 6.20 Å². The molecule has 0 radical (unpaired) electrons. The number of hydrogen-bond donors (Lipinski definition) is 3. The third kappa shape index (κ3) is 1.62. The molecule has 0 spiro atoms. The van der Waals surface area contributed by atoms with E-state index in [-0.39, 0.29) is 5.69 Å². The molecule has 0 unspecified atom stereocenters. The number of nitrogens with one attached hydrogen (secondary N) is 1. The van der Waals surface area contributed by atoms with Gasteiger partial charge in [0.05, 0.1) is 11.7 Å². The zero-order valence-electron chi connectivity index (χ0n) is 10.4. The number of carboxylic acid groups (broad SMARTS) is 1. The third-order valence-electron chi connectivity index (χ3n) is 3.32. The molecule has 1 aromatic carbocycles. The van der Waals surface area contributed by atoms with Crippen molar-refractivity contribution in [2.75, 3.05) is 5.73 Å². The van der Waals surface area contributed by atoms with Crippen molar-refractivity contribution in [2.24, 2.45) is 0 Å². The van der Waals surface area contributed by atoms with Crippen LogP contribution in [0.15, 0.2) is 24.4 Å². The second-order valence-electron chi connectivity index (χ2n) is 4.46. The molecule has 0 bridgehead atoms. The molecule has 2 aromatic heterocycles. The average molecular weight is 255 g/mol. The number of benzene rings is 1. The van der Waals surface area contributed by atoms with Crippen LogP contribution < -0.4 is 5.73 Å². The fourth-order valence-electron chi connectivity index (χ4n) is 2.51. The van der Waals surface area contributed by atoms with E-state index < -0.39 is 5.97 Å². The van der Waals surface area contributed by atoms with Crippen molar-refractivity contribution in [1.82, 2.24) is 9.97 Å². The van der Waals surface area contributed by atoms with E-state index >= 15 is 0 Å². The Morgan fingerprint density at radius 2 is 2.21 bits per heavy atom. The number of anilines is 1. The molecular formula is C14H13N3O2. The van der Waals surface area contributed by atoms with Crippen LogP contribution in [0.4, 0.5) is 5.69 Å². The van der Waals surface area contributed by atoms with Crippen molar-refractivity contribution in [2.45, 2.75) is 13.3 Å². The Balaban J connectivity index is 2.52. The lowest BCUT2D eigenvalue weighted by atomic mass is 10.0. The molecule has 0 fully saturated rings. The maximum Gasteiger partial charge on any atom is 0.354 e. The summed E-state index contributed by atoms with van der Waals surface area (Å²) in [7, 11) is 0. The van der Waals surface area contributed by atoms with Gasteiger partial charge >= 0.3 is 5.97 Å². The minimum Gasteiger partial charge on any atom is -0.477 e. The Hall–Kier alpha value is -2.56. The number of aromatic amines is 1. The van der Waals surface area contributed by atoms with Gasteiger partial charge in [0.15, 0.2) is 5.69 Å². The van der Waals surface area contributed by atoms with Crippen LogP contribution in [0.3, 0.4) is 0 Å². The van der Waals surface area contributed by atoms with Crippen molar-refractivity contribution in [3.63, 3.8) is 0 Å². The van der Waals surface area contributed by atoms with E-state index in [0.29, 0.717) is 12.1 Å². The first-order chi connectivity index (χ1) is 9.11. The Kier molecular flexibility index (Phi) is 2.41. The SMILES string of the molecule is CCc1c(C(=O)O)ncc2[nH]c3ccc(N)cc3c12. The topological polar surface area (TPSA) is 92.0 Å². The molecular weight excluding hydrogens is 242 g/mol. The lowest BCUT2D eigenvalue weighted by Crippen LogP contribution is -2.05. The number of hydrogen-bond acceptors (Lipinski definition) is 3. The first kappa shape index (κ1) is 11.5. The van der Waals surface area contributed by atoms with E-state index in [9.17, 15) is 9.90 Å². The van der Waals surface area contributed by atoms with Gasteiger partial charge in [-0.3, -0.25) is 0 Å². The number of H-pyrrole nitrogens is 1. The smallest absolute Gasteiger partial charge is 0.354 e. The highest BCUT2D eigenvalue weighted by Crippen LogP contribution is 2.31. The summed E-state index contributed by atoms with van der Waals surface area (Å²) < 4.78 is 0. The summed E-state index contributed by atoms with van der Waals surface area (Å²) in [5.41, 5.74) is 9.09. The van der Waals surface area contributed by atoms with E-state index in [0.717, 1.165) is 27.4 Å². The predicted octanol–water partition coefficient (Wildman–Crippen LogP) is 2.56. The van der Waals surface area contributed by atoms with Gasteiger partial charge in [-0.15, -0.1) is 0 Å². The lowest BCUT2D eigenvalue weighted by Gasteiger charge is -2.04. The second-order valence-corrected chi connectivity index (χ2v) is 4.46. The number of nitrogens with two attached hydrogens (primary N) is 1. The highest BCUT2D eigenvalue weighted by atomic mass is 16.4. The minimum absolute atomic E-state index is 0.110. The van der Waals surface area contributed by atoms with E-state index in [1.165, 1.54) is 0 Å². The molecule has 5 heteroatoms. The molecule has 3 aromatic rings. The van der Waals surface area contributed by atoms with E-state index in [1.807, 2.05) is 25.1 Å². The van der Waals surface area contributed by atoms with Gasteiger partial charge < -0.3 is 15.8 Å². The summed E-state index contributed by atoms with van der Waals surface area (Å²) in [5.74, 6) is -1.00. The summed E-state index contributed by atoms with van der Waals surface area (Å²) in [6, 6.07) is 5.57. The summed E-state index contributed by atoms with van der Waals surface area (Å²) >= 11 is 0.